The number of benzene rings is 1. The number of cyclic esters (lactones) is 1. The van der Waals surface area contributed by atoms with E-state index in [1.807, 2.05) is 4.90 Å². The number of ether oxygens (including phenoxy) is 2. The number of sulfonamides is 1. The van der Waals surface area contributed by atoms with Crippen LogP contribution in [0.5, 0.6) is 0 Å². The molecule has 2 aliphatic heterocycles. The molecule has 33 heavy (non-hydrogen) atoms. The van der Waals surface area contributed by atoms with E-state index in [-0.39, 0.29) is 11.7 Å². The fourth-order valence-electron chi connectivity index (χ4n) is 3.80. The van der Waals surface area contributed by atoms with Gasteiger partial charge in [-0.05, 0) is 43.4 Å². The molecule has 3 rings (SSSR count). The highest BCUT2D eigenvalue weighted by Gasteiger charge is 2.33. The van der Waals surface area contributed by atoms with Gasteiger partial charge >= 0.3 is 6.09 Å². The number of hydrogen-bond acceptors (Lipinski definition) is 8. The zero-order chi connectivity index (χ0) is 24.0. The van der Waals surface area contributed by atoms with Crippen LogP contribution in [0.4, 0.5) is 20.6 Å². The summed E-state index contributed by atoms with van der Waals surface area (Å²) >= 11 is 4.91. The van der Waals surface area contributed by atoms with Crippen molar-refractivity contribution in [2.24, 2.45) is 0 Å². The highest BCUT2D eigenvalue weighted by molar-refractivity contribution is 7.88. The maximum Gasteiger partial charge on any atom is 0.414 e. The van der Waals surface area contributed by atoms with Crippen molar-refractivity contribution in [3.05, 3.63) is 24.0 Å². The highest BCUT2D eigenvalue weighted by atomic mass is 32.2. The van der Waals surface area contributed by atoms with Crippen molar-refractivity contribution in [1.82, 2.24) is 14.9 Å². The SMILES string of the molecule is COC(=S)NC[C@H]1CN(c2ccc(N3CCN(CCCNS(C)(=O)=O)CC3)c(F)c2)C(=O)O1. The summed E-state index contributed by atoms with van der Waals surface area (Å²) in [5, 5.41) is 3.06. The maximum absolute atomic E-state index is 14.9. The summed E-state index contributed by atoms with van der Waals surface area (Å²) in [6, 6.07) is 4.77. The Hall–Kier alpha value is -2.22. The van der Waals surface area contributed by atoms with E-state index in [0.717, 1.165) is 32.3 Å². The van der Waals surface area contributed by atoms with Gasteiger partial charge in [-0.1, -0.05) is 0 Å². The maximum atomic E-state index is 14.9. The molecule has 0 saturated carbocycles. The number of rotatable bonds is 9. The van der Waals surface area contributed by atoms with Crippen molar-refractivity contribution in [3.63, 3.8) is 0 Å². The van der Waals surface area contributed by atoms with Crippen LogP contribution in [0.3, 0.4) is 0 Å². The number of nitrogens with zero attached hydrogens (tertiary/aromatic N) is 3. The number of hydrogen-bond donors (Lipinski definition) is 2. The Kier molecular flexibility index (Phi) is 8.68. The Bertz CT molecular complexity index is 956. The summed E-state index contributed by atoms with van der Waals surface area (Å²) in [4.78, 5) is 17.8. The minimum atomic E-state index is -3.16. The third-order valence-electron chi connectivity index (χ3n) is 5.50. The highest BCUT2D eigenvalue weighted by Crippen LogP contribution is 2.28. The molecular formula is C20H30FN5O5S2. The van der Waals surface area contributed by atoms with Crippen molar-refractivity contribution < 1.29 is 27.1 Å². The molecule has 10 nitrogen and oxygen atoms in total. The molecule has 1 atom stereocenters. The van der Waals surface area contributed by atoms with Crippen LogP contribution in [0.25, 0.3) is 0 Å². The van der Waals surface area contributed by atoms with Gasteiger partial charge in [-0.25, -0.2) is 22.3 Å². The van der Waals surface area contributed by atoms with Crippen LogP contribution in [0.2, 0.25) is 0 Å². The van der Waals surface area contributed by atoms with Crippen LogP contribution < -0.4 is 19.8 Å². The molecule has 2 fully saturated rings. The number of halogens is 1. The van der Waals surface area contributed by atoms with Crippen molar-refractivity contribution >= 4 is 44.9 Å². The van der Waals surface area contributed by atoms with Gasteiger partial charge in [0, 0.05) is 32.7 Å². The monoisotopic (exact) mass is 503 g/mol. The zero-order valence-corrected chi connectivity index (χ0v) is 20.4. The average molecular weight is 504 g/mol. The Morgan fingerprint density at radius 1 is 1.30 bits per heavy atom. The Morgan fingerprint density at radius 2 is 2.03 bits per heavy atom. The fourth-order valence-corrected chi connectivity index (χ4v) is 4.40. The second-order valence-corrected chi connectivity index (χ2v) is 10.2. The summed E-state index contributed by atoms with van der Waals surface area (Å²) < 4.78 is 49.8. The molecule has 0 aliphatic carbocycles. The fraction of sp³-hybridized carbons (Fsp3) is 0.600. The molecule has 0 radical (unpaired) electrons. The summed E-state index contributed by atoms with van der Waals surface area (Å²) in [6.07, 6.45) is 0.910. The average Bonchev–Trinajstić information content (AvgIpc) is 3.15. The first-order valence-electron chi connectivity index (χ1n) is 10.7. The van der Waals surface area contributed by atoms with E-state index in [1.165, 1.54) is 18.1 Å². The Morgan fingerprint density at radius 3 is 2.67 bits per heavy atom. The summed E-state index contributed by atoms with van der Waals surface area (Å²) in [5.74, 6) is -0.395. The molecule has 0 unspecified atom stereocenters. The number of amides is 1. The number of methoxy groups -OCH3 is 1. The number of nitrogens with one attached hydrogen (secondary N) is 2. The standard InChI is InChI=1S/C20H30FN5O5S2/c1-30-19(32)22-13-16-14-26(20(27)31-16)15-4-5-18(17(21)12-15)25-10-8-24(9-11-25)7-3-6-23-33(2,28)29/h4-5,12,16,23H,3,6-11,13-14H2,1-2H3,(H,22,32)/t16-/m0/s1. The summed E-state index contributed by atoms with van der Waals surface area (Å²) in [7, 11) is -1.71. The number of thiocarbonyl (C=S) groups is 1. The normalized spacial score (nSPS) is 19.5. The summed E-state index contributed by atoms with van der Waals surface area (Å²) in [6.45, 7) is 4.62. The predicted molar refractivity (Wildman–Crippen MR) is 128 cm³/mol. The number of piperazine rings is 1. The minimum Gasteiger partial charge on any atom is -0.474 e. The van der Waals surface area contributed by atoms with Crippen LogP contribution in [-0.4, -0.2) is 96.4 Å². The van der Waals surface area contributed by atoms with Crippen LogP contribution in [0.1, 0.15) is 6.42 Å². The van der Waals surface area contributed by atoms with Crippen LogP contribution in [-0.2, 0) is 19.5 Å². The lowest BCUT2D eigenvalue weighted by atomic mass is 10.2. The first-order chi connectivity index (χ1) is 15.7. The lowest BCUT2D eigenvalue weighted by Gasteiger charge is -2.36. The molecule has 1 amide bonds. The molecule has 2 heterocycles. The van der Waals surface area contributed by atoms with Gasteiger partial charge in [0.25, 0.3) is 5.17 Å². The molecule has 2 aliphatic rings. The third kappa shape index (κ3) is 7.39. The lowest BCUT2D eigenvalue weighted by molar-refractivity contribution is 0.142. The summed E-state index contributed by atoms with van der Waals surface area (Å²) in [5.41, 5.74) is 0.934. The molecular weight excluding hydrogens is 473 g/mol. The molecule has 0 bridgehead atoms. The van der Waals surface area contributed by atoms with E-state index < -0.39 is 28.0 Å². The first kappa shape index (κ1) is 25.4. The van der Waals surface area contributed by atoms with Gasteiger partial charge < -0.3 is 19.7 Å². The zero-order valence-electron chi connectivity index (χ0n) is 18.8. The van der Waals surface area contributed by atoms with Crippen molar-refractivity contribution in [2.45, 2.75) is 12.5 Å². The molecule has 184 valence electrons. The number of carbonyl (C=O) groups excluding carboxylic acids is 1. The Labute approximate surface area is 199 Å². The van der Waals surface area contributed by atoms with Gasteiger partial charge in [-0.2, -0.15) is 0 Å². The van der Waals surface area contributed by atoms with Gasteiger partial charge in [0.15, 0.2) is 0 Å². The van der Waals surface area contributed by atoms with E-state index in [9.17, 15) is 17.6 Å². The van der Waals surface area contributed by atoms with E-state index in [2.05, 4.69) is 14.9 Å². The number of carbonyl (C=O) groups is 1. The van der Waals surface area contributed by atoms with Gasteiger partial charge in [0.1, 0.15) is 11.9 Å². The topological polar surface area (TPSA) is 103 Å². The van der Waals surface area contributed by atoms with Gasteiger partial charge in [0.2, 0.25) is 10.0 Å². The van der Waals surface area contributed by atoms with Crippen LogP contribution in [0.15, 0.2) is 18.2 Å². The predicted octanol–water partition coefficient (Wildman–Crippen LogP) is 0.733. The number of anilines is 2. The van der Waals surface area contributed by atoms with Crippen molar-refractivity contribution in [3.8, 4) is 0 Å². The van der Waals surface area contributed by atoms with E-state index in [4.69, 9.17) is 21.7 Å². The third-order valence-corrected chi connectivity index (χ3v) is 6.54. The van der Waals surface area contributed by atoms with Gasteiger partial charge in [-0.15, -0.1) is 0 Å². The van der Waals surface area contributed by atoms with E-state index >= 15 is 0 Å². The molecule has 1 aromatic carbocycles. The molecule has 0 aromatic heterocycles. The molecule has 13 heteroatoms. The minimum absolute atomic E-state index is 0.213. The smallest absolute Gasteiger partial charge is 0.414 e. The Balaban J connectivity index is 1.50. The largest absolute Gasteiger partial charge is 0.474 e. The molecule has 2 N–H and O–H groups in total. The lowest BCUT2D eigenvalue weighted by Crippen LogP contribution is -2.47. The van der Waals surface area contributed by atoms with Crippen LogP contribution >= 0.6 is 12.2 Å². The van der Waals surface area contributed by atoms with Crippen molar-refractivity contribution in [1.29, 1.82) is 0 Å². The van der Waals surface area contributed by atoms with Crippen molar-refractivity contribution in [2.75, 3.05) is 75.5 Å². The first-order valence-corrected chi connectivity index (χ1v) is 13.0. The molecule has 1 aromatic rings. The second kappa shape index (κ2) is 11.3. The van der Waals surface area contributed by atoms with Crippen LogP contribution in [0, 0.1) is 5.82 Å². The van der Waals surface area contributed by atoms with E-state index in [0.29, 0.717) is 37.6 Å². The second-order valence-electron chi connectivity index (χ2n) is 7.97. The molecule has 2 saturated heterocycles. The van der Waals surface area contributed by atoms with Gasteiger partial charge in [-0.3, -0.25) is 9.80 Å². The van der Waals surface area contributed by atoms with E-state index in [1.54, 1.807) is 12.1 Å². The van der Waals surface area contributed by atoms with Gasteiger partial charge in [0.05, 0.1) is 37.8 Å². The quantitative estimate of drug-likeness (QED) is 0.373. The molecule has 0 spiro atoms.